The lowest BCUT2D eigenvalue weighted by molar-refractivity contribution is 0.673. The first-order chi connectivity index (χ1) is 25.8. The number of fused-ring (bicyclic) bond motifs is 9. The highest BCUT2D eigenvalue weighted by Crippen LogP contribution is 2.44. The zero-order valence-corrected chi connectivity index (χ0v) is 28.3. The number of nitrogens with zero attached hydrogens (tertiary/aromatic N) is 1. The van der Waals surface area contributed by atoms with Gasteiger partial charge < -0.3 is 8.98 Å². The molecule has 0 saturated heterocycles. The Morgan fingerprint density at radius 3 is 1.60 bits per heavy atom. The van der Waals surface area contributed by atoms with Crippen molar-refractivity contribution in [3.63, 3.8) is 0 Å². The molecular weight excluding hydrogens is 631 g/mol. The zero-order chi connectivity index (χ0) is 34.2. The molecule has 2 aromatic heterocycles. The molecule has 0 aliphatic carbocycles. The van der Waals surface area contributed by atoms with E-state index in [4.69, 9.17) is 4.42 Å². The highest BCUT2D eigenvalue weighted by molar-refractivity contribution is 6.21. The lowest BCUT2D eigenvalue weighted by Crippen LogP contribution is -1.95. The molecule has 11 rings (SSSR count). The molecule has 0 fully saturated rings. The molecule has 0 saturated carbocycles. The molecule has 0 spiro atoms. The normalized spacial score (nSPS) is 11.8. The summed E-state index contributed by atoms with van der Waals surface area (Å²) in [7, 11) is 0. The molecule has 0 radical (unpaired) electrons. The molecule has 0 bridgehead atoms. The first kappa shape index (κ1) is 28.9. The van der Waals surface area contributed by atoms with Crippen molar-refractivity contribution in [2.24, 2.45) is 0 Å². The van der Waals surface area contributed by atoms with Crippen LogP contribution in [-0.4, -0.2) is 4.57 Å². The number of rotatable bonds is 4. The van der Waals surface area contributed by atoms with Crippen molar-refractivity contribution < 1.29 is 4.42 Å². The van der Waals surface area contributed by atoms with E-state index >= 15 is 0 Å². The lowest BCUT2D eigenvalue weighted by Gasteiger charge is -2.13. The van der Waals surface area contributed by atoms with Gasteiger partial charge >= 0.3 is 0 Å². The fraction of sp³-hybridized carbons (Fsp3) is 0. The number of para-hydroxylation sites is 2. The monoisotopic (exact) mass is 661 g/mol. The maximum Gasteiger partial charge on any atom is 0.143 e. The van der Waals surface area contributed by atoms with Crippen LogP contribution in [0.5, 0.6) is 0 Å². The molecule has 0 aliphatic rings. The second kappa shape index (κ2) is 11.3. The quantitative estimate of drug-likeness (QED) is 0.184. The maximum absolute atomic E-state index is 7.04. The summed E-state index contributed by atoms with van der Waals surface area (Å²) in [4.78, 5) is 0. The van der Waals surface area contributed by atoms with Crippen LogP contribution in [0.3, 0.4) is 0 Å². The van der Waals surface area contributed by atoms with Crippen LogP contribution in [0.15, 0.2) is 192 Å². The topological polar surface area (TPSA) is 18.1 Å². The van der Waals surface area contributed by atoms with Gasteiger partial charge in [-0.3, -0.25) is 0 Å². The number of hydrogen-bond donors (Lipinski definition) is 0. The Morgan fingerprint density at radius 1 is 0.308 bits per heavy atom. The van der Waals surface area contributed by atoms with E-state index in [0.717, 1.165) is 49.5 Å². The largest absolute Gasteiger partial charge is 0.455 e. The van der Waals surface area contributed by atoms with Gasteiger partial charge in [-0.2, -0.15) is 0 Å². The first-order valence-electron chi connectivity index (χ1n) is 17.8. The Labute approximate surface area is 300 Å². The molecule has 0 N–H and O–H groups in total. The Kier molecular flexibility index (Phi) is 6.28. The third kappa shape index (κ3) is 4.38. The second-order valence-corrected chi connectivity index (χ2v) is 13.7. The molecule has 9 aromatic carbocycles. The lowest BCUT2D eigenvalue weighted by atomic mass is 9.92. The van der Waals surface area contributed by atoms with E-state index in [9.17, 15) is 0 Å². The van der Waals surface area contributed by atoms with Crippen LogP contribution in [-0.2, 0) is 0 Å². The summed E-state index contributed by atoms with van der Waals surface area (Å²) in [5.74, 6) is 0. The summed E-state index contributed by atoms with van der Waals surface area (Å²) in [6.45, 7) is 0. The van der Waals surface area contributed by atoms with E-state index < -0.39 is 0 Å². The van der Waals surface area contributed by atoms with Crippen molar-refractivity contribution in [1.82, 2.24) is 4.57 Å². The van der Waals surface area contributed by atoms with Gasteiger partial charge in [0.2, 0.25) is 0 Å². The average Bonchev–Trinajstić information content (AvgIpc) is 3.75. The predicted molar refractivity (Wildman–Crippen MR) is 219 cm³/mol. The molecule has 52 heavy (non-hydrogen) atoms. The molecule has 242 valence electrons. The summed E-state index contributed by atoms with van der Waals surface area (Å²) in [6, 6.07) is 67.9. The van der Waals surface area contributed by atoms with Crippen molar-refractivity contribution in [3.05, 3.63) is 188 Å². The van der Waals surface area contributed by atoms with Gasteiger partial charge in [-0.05, 0) is 81.1 Å². The second-order valence-electron chi connectivity index (χ2n) is 13.7. The SMILES string of the molecule is c1ccc(-c2cc(-c3ccccc3)cc(-c3cccc4c3oc3c5ccccc5c(-n5c6ccccc6c6cc7ccccc7cc65)cc43)c2)cc1. The van der Waals surface area contributed by atoms with Crippen LogP contribution in [0.25, 0.3) is 104 Å². The van der Waals surface area contributed by atoms with Crippen LogP contribution in [0.1, 0.15) is 0 Å². The Bertz CT molecular complexity index is 3110. The van der Waals surface area contributed by atoms with Crippen LogP contribution < -0.4 is 0 Å². The van der Waals surface area contributed by atoms with Gasteiger partial charge in [0.25, 0.3) is 0 Å². The van der Waals surface area contributed by atoms with Gasteiger partial charge in [0, 0.05) is 37.9 Å². The van der Waals surface area contributed by atoms with Gasteiger partial charge in [0.1, 0.15) is 11.2 Å². The molecule has 2 heterocycles. The molecule has 0 unspecified atom stereocenters. The summed E-state index contributed by atoms with van der Waals surface area (Å²) < 4.78 is 9.49. The Hall–Kier alpha value is -6.90. The van der Waals surface area contributed by atoms with Crippen molar-refractivity contribution in [1.29, 1.82) is 0 Å². The summed E-state index contributed by atoms with van der Waals surface area (Å²) in [5, 5.41) is 9.46. The fourth-order valence-electron chi connectivity index (χ4n) is 8.31. The minimum absolute atomic E-state index is 0.900. The van der Waals surface area contributed by atoms with Gasteiger partial charge in [-0.1, -0.05) is 146 Å². The summed E-state index contributed by atoms with van der Waals surface area (Å²) >= 11 is 0. The van der Waals surface area contributed by atoms with E-state index in [-0.39, 0.29) is 0 Å². The third-order valence-corrected chi connectivity index (χ3v) is 10.7. The predicted octanol–water partition coefficient (Wildman–Crippen LogP) is 14.0. The molecule has 0 aliphatic heterocycles. The molecule has 2 nitrogen and oxygen atoms in total. The van der Waals surface area contributed by atoms with E-state index in [1.807, 2.05) is 0 Å². The van der Waals surface area contributed by atoms with Gasteiger partial charge in [-0.25, -0.2) is 0 Å². The molecular formula is C50H31NO. The van der Waals surface area contributed by atoms with Crippen LogP contribution >= 0.6 is 0 Å². The van der Waals surface area contributed by atoms with Crippen molar-refractivity contribution >= 4 is 65.3 Å². The van der Waals surface area contributed by atoms with Gasteiger partial charge in [0.15, 0.2) is 0 Å². The summed E-state index contributed by atoms with van der Waals surface area (Å²) in [6.07, 6.45) is 0. The van der Waals surface area contributed by atoms with Crippen LogP contribution in [0.4, 0.5) is 0 Å². The molecule has 11 aromatic rings. The van der Waals surface area contributed by atoms with Crippen LogP contribution in [0.2, 0.25) is 0 Å². The van der Waals surface area contributed by atoms with Crippen molar-refractivity contribution in [3.8, 4) is 39.1 Å². The van der Waals surface area contributed by atoms with Gasteiger partial charge in [-0.15, -0.1) is 0 Å². The van der Waals surface area contributed by atoms with E-state index in [2.05, 4.69) is 193 Å². The van der Waals surface area contributed by atoms with Crippen molar-refractivity contribution in [2.75, 3.05) is 0 Å². The zero-order valence-electron chi connectivity index (χ0n) is 28.3. The maximum atomic E-state index is 7.04. The highest BCUT2D eigenvalue weighted by Gasteiger charge is 2.21. The highest BCUT2D eigenvalue weighted by atomic mass is 16.3. The fourth-order valence-corrected chi connectivity index (χ4v) is 8.31. The average molecular weight is 662 g/mol. The molecule has 0 atom stereocenters. The number of furan rings is 1. The van der Waals surface area contributed by atoms with E-state index in [0.29, 0.717) is 0 Å². The molecule has 2 heteroatoms. The smallest absolute Gasteiger partial charge is 0.143 e. The standard InChI is InChI=1S/C50H31NO/c1-3-14-32(15-4-1)36-26-37(33-16-5-2-6-17-33)28-38(27-36)39-23-13-24-43-45-31-48(40-20-9-10-22-42(40)50(45)52-49(39)43)51-46-25-12-11-21-41(46)44-29-34-18-7-8-19-35(34)30-47(44)51/h1-31H. The summed E-state index contributed by atoms with van der Waals surface area (Å²) in [5.41, 5.74) is 12.3. The Balaban J connectivity index is 1.20. The minimum Gasteiger partial charge on any atom is -0.455 e. The number of benzene rings is 9. The Morgan fingerprint density at radius 2 is 0.865 bits per heavy atom. The van der Waals surface area contributed by atoms with Crippen molar-refractivity contribution in [2.45, 2.75) is 0 Å². The van der Waals surface area contributed by atoms with E-state index in [1.165, 1.54) is 54.8 Å². The molecule has 0 amide bonds. The van der Waals surface area contributed by atoms with E-state index in [1.54, 1.807) is 0 Å². The number of hydrogen-bond acceptors (Lipinski definition) is 1. The third-order valence-electron chi connectivity index (χ3n) is 10.7. The minimum atomic E-state index is 0.900. The van der Waals surface area contributed by atoms with Crippen LogP contribution in [0, 0.1) is 0 Å². The van der Waals surface area contributed by atoms with Gasteiger partial charge in [0.05, 0.1) is 16.7 Å². The first-order valence-corrected chi connectivity index (χ1v) is 17.8. The number of aromatic nitrogens is 1.